The summed E-state index contributed by atoms with van der Waals surface area (Å²) in [6.45, 7) is 5.28. The molecule has 1 aliphatic carbocycles. The van der Waals surface area contributed by atoms with Gasteiger partial charge in [0.15, 0.2) is 0 Å². The Kier molecular flexibility index (Phi) is 8.17. The van der Waals surface area contributed by atoms with Gasteiger partial charge in [-0.1, -0.05) is 13.8 Å². The van der Waals surface area contributed by atoms with E-state index in [1.165, 1.54) is 31.2 Å². The lowest BCUT2D eigenvalue weighted by molar-refractivity contribution is -0.133. The summed E-state index contributed by atoms with van der Waals surface area (Å²) in [7, 11) is 0. The van der Waals surface area contributed by atoms with Crippen LogP contribution in [0.15, 0.2) is 42.0 Å². The molecule has 0 saturated heterocycles. The minimum absolute atomic E-state index is 0.00769. The first-order valence-electron chi connectivity index (χ1n) is 11.2. The number of amides is 2. The highest BCUT2D eigenvalue weighted by atomic mass is 19.1. The van der Waals surface area contributed by atoms with E-state index in [0.29, 0.717) is 24.1 Å². The molecule has 0 fully saturated rings. The van der Waals surface area contributed by atoms with Gasteiger partial charge in [-0.25, -0.2) is 9.18 Å². The smallest absolute Gasteiger partial charge is 0.331 e. The van der Waals surface area contributed by atoms with Gasteiger partial charge in [0, 0.05) is 24.5 Å². The van der Waals surface area contributed by atoms with Gasteiger partial charge in [0.05, 0.1) is 30.0 Å². The molecule has 1 aliphatic rings. The number of aliphatic carboxylic acids is 1. The number of nitrogens with one attached hydrogen (secondary N) is 3. The molecule has 3 atom stereocenters. The van der Waals surface area contributed by atoms with E-state index >= 15 is 0 Å². The van der Waals surface area contributed by atoms with Crippen LogP contribution in [0.1, 0.15) is 50.5 Å². The number of carboxylic acid groups (broad SMARTS) is 1. The number of rotatable bonds is 9. The van der Waals surface area contributed by atoms with Crippen LogP contribution in [-0.4, -0.2) is 57.4 Å². The van der Waals surface area contributed by atoms with Crippen molar-refractivity contribution in [2.75, 3.05) is 0 Å². The Labute approximate surface area is 196 Å². The molecular formula is C24H29FN4O5. The second-order valence-electron chi connectivity index (χ2n) is 8.22. The number of hydrogen-bond donors (Lipinski definition) is 4. The molecule has 10 heteroatoms. The van der Waals surface area contributed by atoms with Crippen LogP contribution in [-0.2, 0) is 14.3 Å². The van der Waals surface area contributed by atoms with Crippen molar-refractivity contribution >= 4 is 17.8 Å². The molecule has 0 aliphatic heterocycles. The zero-order chi connectivity index (χ0) is 24.8. The maximum atomic E-state index is 13.2. The number of carbonyl (C=O) groups is 3. The van der Waals surface area contributed by atoms with E-state index in [1.807, 2.05) is 13.8 Å². The average Bonchev–Trinajstić information content (AvgIpc) is 3.29. The fraction of sp³-hybridized carbons (Fsp3) is 0.417. The van der Waals surface area contributed by atoms with E-state index in [1.54, 1.807) is 12.1 Å². The highest BCUT2D eigenvalue weighted by Gasteiger charge is 2.38. The van der Waals surface area contributed by atoms with E-state index in [9.17, 15) is 23.9 Å². The Morgan fingerprint density at radius 2 is 1.88 bits per heavy atom. The Morgan fingerprint density at radius 1 is 1.21 bits per heavy atom. The molecule has 34 heavy (non-hydrogen) atoms. The first-order chi connectivity index (χ1) is 16.2. The van der Waals surface area contributed by atoms with Gasteiger partial charge >= 0.3 is 5.97 Å². The van der Waals surface area contributed by atoms with Crippen molar-refractivity contribution in [1.29, 1.82) is 0 Å². The second kappa shape index (κ2) is 11.1. The largest absolute Gasteiger partial charge is 0.478 e. The number of carboxylic acids is 1. The molecule has 4 N–H and O–H groups in total. The van der Waals surface area contributed by atoms with Gasteiger partial charge in [-0.3, -0.25) is 14.7 Å². The summed E-state index contributed by atoms with van der Waals surface area (Å²) in [5, 5.41) is 22.0. The molecule has 182 valence electrons. The lowest BCUT2D eigenvalue weighted by Crippen LogP contribution is -2.59. The van der Waals surface area contributed by atoms with Gasteiger partial charge in [0.1, 0.15) is 11.5 Å². The minimum Gasteiger partial charge on any atom is -0.478 e. The van der Waals surface area contributed by atoms with Crippen molar-refractivity contribution in [2.24, 2.45) is 0 Å². The van der Waals surface area contributed by atoms with Crippen LogP contribution in [0.3, 0.4) is 0 Å². The van der Waals surface area contributed by atoms with Crippen LogP contribution in [0.25, 0.3) is 11.3 Å². The van der Waals surface area contributed by atoms with E-state index in [2.05, 4.69) is 20.8 Å². The quantitative estimate of drug-likeness (QED) is 0.444. The van der Waals surface area contributed by atoms with Gasteiger partial charge in [0.25, 0.3) is 5.91 Å². The third-order valence-electron chi connectivity index (χ3n) is 5.78. The number of benzene rings is 1. The maximum Gasteiger partial charge on any atom is 0.331 e. The number of ether oxygens (including phenoxy) is 1. The summed E-state index contributed by atoms with van der Waals surface area (Å²) >= 11 is 0. The molecule has 0 unspecified atom stereocenters. The number of aromatic nitrogens is 2. The lowest BCUT2D eigenvalue weighted by atomic mass is 9.87. The van der Waals surface area contributed by atoms with Gasteiger partial charge in [0.2, 0.25) is 5.91 Å². The number of halogens is 1. The molecule has 1 aromatic heterocycles. The Morgan fingerprint density at radius 3 is 2.47 bits per heavy atom. The number of nitrogens with zero attached hydrogens (tertiary/aromatic N) is 1. The van der Waals surface area contributed by atoms with E-state index in [4.69, 9.17) is 4.74 Å². The van der Waals surface area contributed by atoms with Crippen molar-refractivity contribution < 1.29 is 28.6 Å². The first kappa shape index (κ1) is 25.1. The summed E-state index contributed by atoms with van der Waals surface area (Å²) < 4.78 is 19.3. The number of H-pyrrole nitrogens is 1. The number of carbonyl (C=O) groups excluding carboxylic acids is 2. The SMILES string of the molecule is CCC(CC)O[C@@H]1C=C(C(=O)O)C[C@H](NC(=O)c2cc(-c3ccc(F)cc3)n[nH]2)[C@H]1NC(C)=O. The van der Waals surface area contributed by atoms with Crippen LogP contribution >= 0.6 is 0 Å². The molecule has 3 rings (SSSR count). The third kappa shape index (κ3) is 6.07. The fourth-order valence-electron chi connectivity index (χ4n) is 3.96. The molecule has 2 aromatic rings. The van der Waals surface area contributed by atoms with E-state index in [-0.39, 0.29) is 35.5 Å². The van der Waals surface area contributed by atoms with Crippen LogP contribution in [0, 0.1) is 5.82 Å². The Bertz CT molecular complexity index is 1060. The molecule has 0 spiro atoms. The average molecular weight is 473 g/mol. The normalized spacial score (nSPS) is 20.0. The van der Waals surface area contributed by atoms with Gasteiger partial charge < -0.3 is 20.5 Å². The van der Waals surface area contributed by atoms with Gasteiger partial charge in [-0.15, -0.1) is 0 Å². The summed E-state index contributed by atoms with van der Waals surface area (Å²) in [6.07, 6.45) is 2.09. The summed E-state index contributed by atoms with van der Waals surface area (Å²) in [4.78, 5) is 36.7. The van der Waals surface area contributed by atoms with Gasteiger partial charge in [-0.2, -0.15) is 5.10 Å². The maximum absolute atomic E-state index is 13.2. The molecule has 2 amide bonds. The number of hydrogen-bond acceptors (Lipinski definition) is 5. The molecular weight excluding hydrogens is 443 g/mol. The Hall–Kier alpha value is -3.53. The zero-order valence-electron chi connectivity index (χ0n) is 19.3. The monoisotopic (exact) mass is 472 g/mol. The van der Waals surface area contributed by atoms with E-state index in [0.717, 1.165) is 0 Å². The standard InChI is InChI=1S/C24H29FN4O5/c1-4-17(5-2)34-21-11-15(24(32)33)10-19(22(21)26-13(3)30)27-23(31)20-12-18(28-29-20)14-6-8-16(25)9-7-14/h6-9,11-12,17,19,21-22H,4-5,10H2,1-3H3,(H,26,30)(H,27,31)(H,28,29)(H,32,33)/t19-,21+,22+/m0/s1. The van der Waals surface area contributed by atoms with Crippen molar-refractivity contribution in [3.63, 3.8) is 0 Å². The predicted molar refractivity (Wildman–Crippen MR) is 122 cm³/mol. The topological polar surface area (TPSA) is 133 Å². The first-order valence-corrected chi connectivity index (χ1v) is 11.2. The van der Waals surface area contributed by atoms with Crippen LogP contribution in [0.4, 0.5) is 4.39 Å². The van der Waals surface area contributed by atoms with Crippen molar-refractivity contribution in [3.05, 3.63) is 53.5 Å². The predicted octanol–water partition coefficient (Wildman–Crippen LogP) is 2.81. The lowest BCUT2D eigenvalue weighted by Gasteiger charge is -2.38. The Balaban J connectivity index is 1.84. The highest BCUT2D eigenvalue weighted by Crippen LogP contribution is 2.25. The molecule has 0 bridgehead atoms. The van der Waals surface area contributed by atoms with Crippen molar-refractivity contribution in [1.82, 2.24) is 20.8 Å². The highest BCUT2D eigenvalue weighted by molar-refractivity contribution is 5.94. The molecule has 1 aromatic carbocycles. The zero-order valence-corrected chi connectivity index (χ0v) is 19.3. The van der Waals surface area contributed by atoms with Gasteiger partial charge in [-0.05, 0) is 49.2 Å². The fourth-order valence-corrected chi connectivity index (χ4v) is 3.96. The summed E-state index contributed by atoms with van der Waals surface area (Å²) in [5.74, 6) is -2.34. The molecule has 9 nitrogen and oxygen atoms in total. The summed E-state index contributed by atoms with van der Waals surface area (Å²) in [5.41, 5.74) is 1.32. The molecule has 1 heterocycles. The third-order valence-corrected chi connectivity index (χ3v) is 5.78. The molecule has 0 radical (unpaired) electrons. The van der Waals surface area contributed by atoms with Crippen LogP contribution in [0.2, 0.25) is 0 Å². The molecule has 0 saturated carbocycles. The van der Waals surface area contributed by atoms with Crippen LogP contribution in [0.5, 0.6) is 0 Å². The summed E-state index contributed by atoms with van der Waals surface area (Å²) in [6, 6.07) is 5.81. The minimum atomic E-state index is -1.11. The van der Waals surface area contributed by atoms with Crippen LogP contribution < -0.4 is 10.6 Å². The van der Waals surface area contributed by atoms with Crippen molar-refractivity contribution in [3.8, 4) is 11.3 Å². The van der Waals surface area contributed by atoms with Crippen molar-refractivity contribution in [2.45, 2.75) is 64.3 Å². The van der Waals surface area contributed by atoms with E-state index < -0.39 is 30.1 Å². The second-order valence-corrected chi connectivity index (χ2v) is 8.22. The number of aromatic amines is 1.